The minimum Gasteiger partial charge on any atom is -0.508 e. The number of aliphatic hydroxyl groups is 1. The molecule has 0 bridgehead atoms. The number of aliphatic hydroxyl groups excluding tert-OH is 1. The monoisotopic (exact) mass is 411 g/mol. The number of alkyl halides is 3. The van der Waals surface area contributed by atoms with Crippen LogP contribution in [0.5, 0.6) is 5.75 Å². The predicted molar refractivity (Wildman–Crippen MR) is 101 cm³/mol. The highest BCUT2D eigenvalue weighted by atomic mass is 32.2. The number of aryl methyl sites for hydroxylation is 1. The van der Waals surface area contributed by atoms with Gasteiger partial charge in [0, 0.05) is 21.1 Å². The van der Waals surface area contributed by atoms with Gasteiger partial charge in [-0.2, -0.15) is 13.2 Å². The molecule has 0 fully saturated rings. The number of halogens is 3. The molecule has 1 heterocycles. The lowest BCUT2D eigenvalue weighted by Gasteiger charge is -2.06. The van der Waals surface area contributed by atoms with Crippen LogP contribution in [-0.2, 0) is 18.5 Å². The number of aromatic nitrogens is 1. The largest absolute Gasteiger partial charge is 0.508 e. The second-order valence-electron chi connectivity index (χ2n) is 5.86. The fourth-order valence-electron chi connectivity index (χ4n) is 2.41. The van der Waals surface area contributed by atoms with Gasteiger partial charge >= 0.3 is 6.18 Å². The van der Waals surface area contributed by atoms with Crippen molar-refractivity contribution in [2.24, 2.45) is 0 Å². The molecule has 0 aliphatic rings. The number of thioether (sulfide) groups is 1. The average Bonchev–Trinajstić information content (AvgIpc) is 3.05. The Labute approximate surface area is 162 Å². The Morgan fingerprint density at radius 3 is 2.41 bits per heavy atom. The highest BCUT2D eigenvalue weighted by Crippen LogP contribution is 2.35. The molecule has 0 unspecified atom stereocenters. The van der Waals surface area contributed by atoms with Gasteiger partial charge < -0.3 is 10.2 Å². The minimum absolute atomic E-state index is 0.234. The Kier molecular flexibility index (Phi) is 5.78. The molecule has 3 nitrogen and oxygen atoms in total. The van der Waals surface area contributed by atoms with E-state index in [1.807, 2.05) is 19.1 Å². The van der Waals surface area contributed by atoms with Crippen LogP contribution >= 0.6 is 23.1 Å². The lowest BCUT2D eigenvalue weighted by molar-refractivity contribution is -0.137. The normalized spacial score (nSPS) is 11.7. The van der Waals surface area contributed by atoms with Crippen molar-refractivity contribution in [3.63, 3.8) is 0 Å². The molecule has 0 atom stereocenters. The number of phenols is 1. The highest BCUT2D eigenvalue weighted by Gasteiger charge is 2.30. The molecule has 8 heteroatoms. The van der Waals surface area contributed by atoms with Gasteiger partial charge in [-0.05, 0) is 42.8 Å². The van der Waals surface area contributed by atoms with E-state index in [4.69, 9.17) is 0 Å². The second-order valence-corrected chi connectivity index (χ2v) is 7.99. The van der Waals surface area contributed by atoms with Gasteiger partial charge in [0.05, 0.1) is 17.9 Å². The van der Waals surface area contributed by atoms with E-state index < -0.39 is 11.7 Å². The molecular formula is C19H16F3NO2S2. The molecule has 2 N–H and O–H groups in total. The van der Waals surface area contributed by atoms with Crippen LogP contribution in [0.4, 0.5) is 13.2 Å². The first kappa shape index (κ1) is 19.7. The molecule has 0 saturated heterocycles. The summed E-state index contributed by atoms with van der Waals surface area (Å²) >= 11 is 2.89. The van der Waals surface area contributed by atoms with E-state index in [0.717, 1.165) is 27.5 Å². The Morgan fingerprint density at radius 2 is 1.81 bits per heavy atom. The van der Waals surface area contributed by atoms with Crippen LogP contribution in [0, 0.1) is 6.92 Å². The van der Waals surface area contributed by atoms with Crippen LogP contribution in [0.15, 0.2) is 47.4 Å². The number of nitrogens with zero attached hydrogens (tertiary/aromatic N) is 1. The zero-order chi connectivity index (χ0) is 19.6. The molecule has 142 valence electrons. The molecule has 0 amide bonds. The third-order valence-corrected chi connectivity index (χ3v) is 6.28. The number of phenolic OH excluding ortho intramolecular Hbond substituents is 1. The summed E-state index contributed by atoms with van der Waals surface area (Å²) in [5.74, 6) is 0.802. The smallest absolute Gasteiger partial charge is 0.416 e. The van der Waals surface area contributed by atoms with E-state index in [-0.39, 0.29) is 12.4 Å². The first-order chi connectivity index (χ1) is 12.8. The van der Waals surface area contributed by atoms with Crippen LogP contribution in [-0.4, -0.2) is 15.2 Å². The molecule has 1 aromatic heterocycles. The van der Waals surface area contributed by atoms with E-state index in [0.29, 0.717) is 22.0 Å². The maximum Gasteiger partial charge on any atom is 0.416 e. The Bertz CT molecular complexity index is 937. The van der Waals surface area contributed by atoms with Crippen LogP contribution in [0.1, 0.15) is 21.7 Å². The van der Waals surface area contributed by atoms with Gasteiger partial charge in [-0.1, -0.05) is 12.1 Å². The van der Waals surface area contributed by atoms with Crippen molar-refractivity contribution in [3.05, 3.63) is 64.2 Å². The van der Waals surface area contributed by atoms with Crippen molar-refractivity contribution < 1.29 is 23.4 Å². The third-order valence-electron chi connectivity index (χ3n) is 3.93. The van der Waals surface area contributed by atoms with Gasteiger partial charge in [0.25, 0.3) is 0 Å². The zero-order valence-electron chi connectivity index (χ0n) is 14.2. The van der Waals surface area contributed by atoms with Gasteiger partial charge in [0.1, 0.15) is 10.8 Å². The number of hydrogen-bond acceptors (Lipinski definition) is 5. The number of thiazole rings is 1. The molecule has 0 saturated carbocycles. The maximum absolute atomic E-state index is 12.7. The molecule has 0 spiro atoms. The summed E-state index contributed by atoms with van der Waals surface area (Å²) in [4.78, 5) is 6.20. The lowest BCUT2D eigenvalue weighted by Crippen LogP contribution is -2.03. The molecule has 0 aliphatic heterocycles. The Balaban J connectivity index is 1.79. The number of aromatic hydroxyl groups is 1. The molecule has 2 aromatic carbocycles. The number of benzene rings is 2. The van der Waals surface area contributed by atoms with Gasteiger partial charge in [0.2, 0.25) is 0 Å². The number of hydrogen-bond donors (Lipinski definition) is 2. The standard InChI is InChI=1S/C19H16F3NO2S2/c1-11-8-14(6-7-16(11)25)26-10-17-15(9-24)23-18(27-17)12-2-4-13(5-3-12)19(20,21)22/h2-8,24-25H,9-10H2,1H3. The topological polar surface area (TPSA) is 53.4 Å². The van der Waals surface area contributed by atoms with E-state index in [1.54, 1.807) is 6.07 Å². The average molecular weight is 411 g/mol. The zero-order valence-corrected chi connectivity index (χ0v) is 15.9. The predicted octanol–water partition coefficient (Wildman–Crippen LogP) is 5.63. The molecule has 3 rings (SSSR count). The summed E-state index contributed by atoms with van der Waals surface area (Å²) < 4.78 is 38.1. The second kappa shape index (κ2) is 7.92. The van der Waals surface area contributed by atoms with E-state index >= 15 is 0 Å². The SMILES string of the molecule is Cc1cc(SCc2sc(-c3ccc(C(F)(F)F)cc3)nc2CO)ccc1O. The van der Waals surface area contributed by atoms with E-state index in [9.17, 15) is 23.4 Å². The number of rotatable bonds is 5. The molecule has 27 heavy (non-hydrogen) atoms. The summed E-state index contributed by atoms with van der Waals surface area (Å²) in [6.07, 6.45) is -4.37. The fourth-order valence-corrected chi connectivity index (χ4v) is 4.58. The first-order valence-corrected chi connectivity index (χ1v) is 9.77. The molecule has 3 aromatic rings. The van der Waals surface area contributed by atoms with Crippen molar-refractivity contribution in [2.45, 2.75) is 30.4 Å². The Morgan fingerprint density at radius 1 is 1.11 bits per heavy atom. The van der Waals surface area contributed by atoms with Crippen molar-refractivity contribution in [1.82, 2.24) is 4.98 Å². The van der Waals surface area contributed by atoms with Crippen LogP contribution in [0.2, 0.25) is 0 Å². The van der Waals surface area contributed by atoms with E-state index in [2.05, 4.69) is 4.98 Å². The van der Waals surface area contributed by atoms with Gasteiger partial charge in [-0.15, -0.1) is 23.1 Å². The van der Waals surface area contributed by atoms with Gasteiger partial charge in [-0.25, -0.2) is 4.98 Å². The molecule has 0 radical (unpaired) electrons. The van der Waals surface area contributed by atoms with Gasteiger partial charge in [-0.3, -0.25) is 0 Å². The third kappa shape index (κ3) is 4.63. The van der Waals surface area contributed by atoms with Gasteiger partial charge in [0.15, 0.2) is 0 Å². The quantitative estimate of drug-likeness (QED) is 0.535. The summed E-state index contributed by atoms with van der Waals surface area (Å²) in [6.45, 7) is 1.58. The van der Waals surface area contributed by atoms with Crippen LogP contribution < -0.4 is 0 Å². The highest BCUT2D eigenvalue weighted by molar-refractivity contribution is 7.98. The fraction of sp³-hybridized carbons (Fsp3) is 0.211. The van der Waals surface area contributed by atoms with Crippen molar-refractivity contribution in [1.29, 1.82) is 0 Å². The van der Waals surface area contributed by atoms with Crippen LogP contribution in [0.3, 0.4) is 0 Å². The maximum atomic E-state index is 12.7. The summed E-state index contributed by atoms with van der Waals surface area (Å²) in [7, 11) is 0. The summed E-state index contributed by atoms with van der Waals surface area (Å²) in [5, 5.41) is 19.7. The van der Waals surface area contributed by atoms with Crippen molar-refractivity contribution >= 4 is 23.1 Å². The van der Waals surface area contributed by atoms with Crippen molar-refractivity contribution in [2.75, 3.05) is 0 Å². The first-order valence-electron chi connectivity index (χ1n) is 7.97. The summed E-state index contributed by atoms with van der Waals surface area (Å²) in [6, 6.07) is 10.2. The molecular weight excluding hydrogens is 395 g/mol. The minimum atomic E-state index is -4.37. The van der Waals surface area contributed by atoms with E-state index in [1.165, 1.54) is 35.2 Å². The Hall–Kier alpha value is -2.03. The lowest BCUT2D eigenvalue weighted by atomic mass is 10.1. The molecule has 0 aliphatic carbocycles. The van der Waals surface area contributed by atoms with Crippen LogP contribution in [0.25, 0.3) is 10.6 Å². The summed E-state index contributed by atoms with van der Waals surface area (Å²) in [5.41, 5.74) is 1.18. The van der Waals surface area contributed by atoms with Crippen molar-refractivity contribution in [3.8, 4) is 16.3 Å².